The highest BCUT2D eigenvalue weighted by Gasteiger charge is 2.30. The fourth-order valence-corrected chi connectivity index (χ4v) is 5.61. The third-order valence-corrected chi connectivity index (χ3v) is 7.57. The van der Waals surface area contributed by atoms with Gasteiger partial charge in [0.1, 0.15) is 23.2 Å². The summed E-state index contributed by atoms with van der Waals surface area (Å²) in [4.78, 5) is 4.30. The fourth-order valence-electron chi connectivity index (χ4n) is 3.22. The normalized spacial score (nSPS) is 16.2. The van der Waals surface area contributed by atoms with Crippen LogP contribution in [0.4, 0.5) is 8.78 Å². The lowest BCUT2D eigenvalue weighted by atomic mass is 10.1. The van der Waals surface area contributed by atoms with Gasteiger partial charge in [0.25, 0.3) is 5.19 Å². The van der Waals surface area contributed by atoms with Crippen LogP contribution in [0, 0.1) is 11.6 Å². The van der Waals surface area contributed by atoms with E-state index in [4.69, 9.17) is 9.47 Å². The van der Waals surface area contributed by atoms with E-state index in [0.717, 1.165) is 17.4 Å². The molecule has 29 heavy (non-hydrogen) atoms. The van der Waals surface area contributed by atoms with E-state index in [0.29, 0.717) is 36.4 Å². The van der Waals surface area contributed by atoms with Crippen molar-refractivity contribution in [1.82, 2.24) is 9.29 Å². The van der Waals surface area contributed by atoms with Gasteiger partial charge in [-0.3, -0.25) is 0 Å². The van der Waals surface area contributed by atoms with Crippen molar-refractivity contribution in [2.45, 2.75) is 23.8 Å². The molecule has 0 radical (unpaired) electrons. The molecule has 0 N–H and O–H groups in total. The SMILES string of the molecule is COc1ccc(S(=O)(=O)N2CCC(Oc3nc4c(F)cc(F)cc4s3)CC2)cc1. The van der Waals surface area contributed by atoms with E-state index in [2.05, 4.69) is 4.98 Å². The van der Waals surface area contributed by atoms with Crippen LogP contribution in [0.2, 0.25) is 0 Å². The first-order valence-electron chi connectivity index (χ1n) is 8.93. The molecule has 10 heteroatoms. The van der Waals surface area contributed by atoms with Crippen molar-refractivity contribution in [2.75, 3.05) is 20.2 Å². The Morgan fingerprint density at radius 2 is 1.83 bits per heavy atom. The predicted molar refractivity (Wildman–Crippen MR) is 105 cm³/mol. The highest BCUT2D eigenvalue weighted by molar-refractivity contribution is 7.89. The van der Waals surface area contributed by atoms with Crippen LogP contribution in [0.3, 0.4) is 0 Å². The number of sulfonamides is 1. The molecular weight excluding hydrogens is 422 g/mol. The number of hydrogen-bond acceptors (Lipinski definition) is 6. The van der Waals surface area contributed by atoms with E-state index < -0.39 is 21.7 Å². The molecule has 6 nitrogen and oxygen atoms in total. The third kappa shape index (κ3) is 4.05. The number of thiazole rings is 1. The van der Waals surface area contributed by atoms with Gasteiger partial charge in [-0.2, -0.15) is 9.29 Å². The number of hydrogen-bond donors (Lipinski definition) is 0. The van der Waals surface area contributed by atoms with Gasteiger partial charge in [-0.25, -0.2) is 17.2 Å². The zero-order valence-corrected chi connectivity index (χ0v) is 17.1. The Kier molecular flexibility index (Phi) is 5.41. The number of benzene rings is 2. The molecule has 2 heterocycles. The number of ether oxygens (including phenoxy) is 2. The predicted octanol–water partition coefficient (Wildman–Crippen LogP) is 3.82. The van der Waals surface area contributed by atoms with Gasteiger partial charge in [0, 0.05) is 19.2 Å². The highest BCUT2D eigenvalue weighted by Crippen LogP contribution is 2.32. The number of piperidine rings is 1. The van der Waals surface area contributed by atoms with Crippen LogP contribution in [0.15, 0.2) is 41.3 Å². The molecule has 154 valence electrons. The van der Waals surface area contributed by atoms with Crippen molar-refractivity contribution in [1.29, 1.82) is 0 Å². The molecule has 0 unspecified atom stereocenters. The average Bonchev–Trinajstić information content (AvgIpc) is 3.11. The summed E-state index contributed by atoms with van der Waals surface area (Å²) in [6, 6.07) is 8.26. The van der Waals surface area contributed by atoms with Crippen molar-refractivity contribution in [3.05, 3.63) is 48.0 Å². The summed E-state index contributed by atoms with van der Waals surface area (Å²) < 4.78 is 65.4. The van der Waals surface area contributed by atoms with Crippen LogP contribution in [0.25, 0.3) is 10.2 Å². The fraction of sp³-hybridized carbons (Fsp3) is 0.316. The van der Waals surface area contributed by atoms with Gasteiger partial charge < -0.3 is 9.47 Å². The summed E-state index contributed by atoms with van der Waals surface area (Å²) in [7, 11) is -2.08. The Hall–Kier alpha value is -2.30. The number of aromatic nitrogens is 1. The molecule has 1 saturated heterocycles. The number of nitrogens with zero attached hydrogens (tertiary/aromatic N) is 2. The number of methoxy groups -OCH3 is 1. The standard InChI is InChI=1S/C19H18F2N2O4S2/c1-26-13-2-4-15(5-3-13)29(24,25)23-8-6-14(7-9-23)27-19-22-18-16(21)10-12(20)11-17(18)28-19/h2-5,10-11,14H,6-9H2,1H3. The molecule has 1 fully saturated rings. The molecule has 0 aliphatic carbocycles. The van der Waals surface area contributed by atoms with Gasteiger partial charge in [-0.05, 0) is 43.2 Å². The first kappa shape index (κ1) is 20.0. The maximum atomic E-state index is 13.8. The summed E-state index contributed by atoms with van der Waals surface area (Å²) in [5.74, 6) is -0.808. The van der Waals surface area contributed by atoms with Gasteiger partial charge in [0.05, 0.1) is 16.7 Å². The molecular formula is C19H18F2N2O4S2. The van der Waals surface area contributed by atoms with Crippen LogP contribution in [-0.2, 0) is 10.0 Å². The third-order valence-electron chi connectivity index (χ3n) is 4.76. The Bertz CT molecular complexity index is 1130. The minimum absolute atomic E-state index is 0.0749. The van der Waals surface area contributed by atoms with Crippen LogP contribution in [0.1, 0.15) is 12.8 Å². The van der Waals surface area contributed by atoms with E-state index in [1.54, 1.807) is 12.1 Å². The van der Waals surface area contributed by atoms with E-state index in [1.807, 2.05) is 0 Å². The van der Waals surface area contributed by atoms with E-state index in [1.165, 1.54) is 29.6 Å². The van der Waals surface area contributed by atoms with Crippen molar-refractivity contribution in [2.24, 2.45) is 0 Å². The summed E-state index contributed by atoms with van der Waals surface area (Å²) in [6.45, 7) is 0.597. The molecule has 2 aromatic carbocycles. The number of rotatable bonds is 5. The molecule has 0 atom stereocenters. The van der Waals surface area contributed by atoms with E-state index in [-0.39, 0.29) is 21.7 Å². The van der Waals surface area contributed by atoms with Crippen molar-refractivity contribution >= 4 is 31.6 Å². The van der Waals surface area contributed by atoms with Crippen LogP contribution < -0.4 is 9.47 Å². The van der Waals surface area contributed by atoms with E-state index in [9.17, 15) is 17.2 Å². The highest BCUT2D eigenvalue weighted by atomic mass is 32.2. The van der Waals surface area contributed by atoms with Gasteiger partial charge in [0.2, 0.25) is 10.0 Å². The molecule has 0 amide bonds. The minimum Gasteiger partial charge on any atom is -0.497 e. The summed E-state index contributed by atoms with van der Waals surface area (Å²) >= 11 is 1.07. The molecule has 1 aliphatic heterocycles. The first-order valence-corrected chi connectivity index (χ1v) is 11.2. The Morgan fingerprint density at radius 1 is 1.14 bits per heavy atom. The monoisotopic (exact) mass is 440 g/mol. The average molecular weight is 440 g/mol. The maximum Gasteiger partial charge on any atom is 0.274 e. The number of fused-ring (bicyclic) bond motifs is 1. The van der Waals surface area contributed by atoms with Gasteiger partial charge in [-0.15, -0.1) is 0 Å². The molecule has 0 saturated carbocycles. The first-order chi connectivity index (χ1) is 13.9. The van der Waals surface area contributed by atoms with Gasteiger partial charge in [-0.1, -0.05) is 11.3 Å². The second-order valence-electron chi connectivity index (χ2n) is 6.61. The Morgan fingerprint density at radius 3 is 2.48 bits per heavy atom. The van der Waals surface area contributed by atoms with Crippen molar-refractivity contribution < 1.29 is 26.7 Å². The largest absolute Gasteiger partial charge is 0.497 e. The zero-order chi connectivity index (χ0) is 20.6. The molecule has 1 aromatic heterocycles. The molecule has 0 spiro atoms. The van der Waals surface area contributed by atoms with Crippen LogP contribution in [-0.4, -0.2) is 44.0 Å². The summed E-state index contributed by atoms with van der Waals surface area (Å²) in [5.41, 5.74) is 0.0749. The minimum atomic E-state index is -3.60. The lowest BCUT2D eigenvalue weighted by Gasteiger charge is -2.30. The molecule has 3 aromatic rings. The lowest BCUT2D eigenvalue weighted by molar-refractivity contribution is 0.135. The zero-order valence-electron chi connectivity index (χ0n) is 15.5. The van der Waals surface area contributed by atoms with Crippen LogP contribution >= 0.6 is 11.3 Å². The second kappa shape index (κ2) is 7.85. The Labute approximate surface area is 170 Å². The lowest BCUT2D eigenvalue weighted by Crippen LogP contribution is -2.41. The van der Waals surface area contributed by atoms with Crippen LogP contribution in [0.5, 0.6) is 10.9 Å². The molecule has 0 bridgehead atoms. The van der Waals surface area contributed by atoms with Crippen molar-refractivity contribution in [3.63, 3.8) is 0 Å². The molecule has 1 aliphatic rings. The summed E-state index contributed by atoms with van der Waals surface area (Å²) in [6.07, 6.45) is 0.704. The number of halogens is 2. The van der Waals surface area contributed by atoms with Gasteiger partial charge >= 0.3 is 0 Å². The quantitative estimate of drug-likeness (QED) is 0.604. The maximum absolute atomic E-state index is 13.8. The van der Waals surface area contributed by atoms with Gasteiger partial charge in [0.15, 0.2) is 5.82 Å². The smallest absolute Gasteiger partial charge is 0.274 e. The summed E-state index contributed by atoms with van der Waals surface area (Å²) in [5, 5.41) is 0.251. The molecule has 4 rings (SSSR count). The van der Waals surface area contributed by atoms with Crippen molar-refractivity contribution in [3.8, 4) is 10.9 Å². The second-order valence-corrected chi connectivity index (χ2v) is 9.54. The Balaban J connectivity index is 1.42. The topological polar surface area (TPSA) is 68.7 Å². The van der Waals surface area contributed by atoms with E-state index >= 15 is 0 Å².